The van der Waals surface area contributed by atoms with Crippen LogP contribution in [0, 0.1) is 5.92 Å². The largest absolute Gasteiger partial charge is 0.327 e. The second kappa shape index (κ2) is 3.09. The number of hydrogen-bond donors (Lipinski definition) is 1. The van der Waals surface area contributed by atoms with Crippen LogP contribution in [-0.4, -0.2) is 6.04 Å². The minimum absolute atomic E-state index is 0.478. The van der Waals surface area contributed by atoms with Gasteiger partial charge in [0.15, 0.2) is 0 Å². The Morgan fingerprint density at radius 3 is 2.93 bits per heavy atom. The van der Waals surface area contributed by atoms with Crippen LogP contribution in [0.3, 0.4) is 0 Å². The smallest absolute Gasteiger partial charge is 0.00789 e. The van der Waals surface area contributed by atoms with Crippen molar-refractivity contribution in [2.45, 2.75) is 37.6 Å². The molecule has 2 N–H and O–H groups in total. The Morgan fingerprint density at radius 2 is 2.07 bits per heavy atom. The molecule has 3 rings (SSSR count). The third-order valence-corrected chi connectivity index (χ3v) is 4.03. The molecule has 1 aromatic rings. The van der Waals surface area contributed by atoms with Gasteiger partial charge in [-0.25, -0.2) is 0 Å². The number of benzene rings is 1. The molecule has 0 bridgehead atoms. The van der Waals surface area contributed by atoms with Crippen LogP contribution in [0.2, 0.25) is 0 Å². The molecule has 14 heavy (non-hydrogen) atoms. The van der Waals surface area contributed by atoms with Crippen LogP contribution >= 0.6 is 0 Å². The Morgan fingerprint density at radius 1 is 1.21 bits per heavy atom. The normalized spacial score (nSPS) is 35.1. The first kappa shape index (κ1) is 8.49. The van der Waals surface area contributed by atoms with Gasteiger partial charge in [-0.05, 0) is 48.6 Å². The van der Waals surface area contributed by atoms with Crippen LogP contribution in [0.1, 0.15) is 36.3 Å². The first-order valence-electron chi connectivity index (χ1n) is 5.69. The van der Waals surface area contributed by atoms with Crippen LogP contribution in [0.5, 0.6) is 0 Å². The van der Waals surface area contributed by atoms with Crippen molar-refractivity contribution >= 4 is 0 Å². The van der Waals surface area contributed by atoms with Crippen molar-refractivity contribution < 1.29 is 0 Å². The van der Waals surface area contributed by atoms with E-state index >= 15 is 0 Å². The molecule has 0 saturated heterocycles. The molecule has 0 aromatic heterocycles. The Hall–Kier alpha value is -0.820. The SMILES string of the molecule is NC1CC2c3ccccc3CCCC12. The summed E-state index contributed by atoms with van der Waals surface area (Å²) in [6, 6.07) is 9.42. The quantitative estimate of drug-likeness (QED) is 0.663. The predicted molar refractivity (Wildman–Crippen MR) is 58.2 cm³/mol. The third-order valence-electron chi connectivity index (χ3n) is 4.03. The fourth-order valence-corrected chi connectivity index (χ4v) is 3.17. The van der Waals surface area contributed by atoms with Gasteiger partial charge in [-0.15, -0.1) is 0 Å². The molecule has 0 amide bonds. The minimum atomic E-state index is 0.478. The lowest BCUT2D eigenvalue weighted by molar-refractivity contribution is 0.194. The number of nitrogens with two attached hydrogens (primary N) is 1. The lowest BCUT2D eigenvalue weighted by Crippen LogP contribution is -2.45. The minimum Gasteiger partial charge on any atom is -0.327 e. The second-order valence-electron chi connectivity index (χ2n) is 4.76. The van der Waals surface area contributed by atoms with Gasteiger partial charge >= 0.3 is 0 Å². The average Bonchev–Trinajstić information content (AvgIpc) is 2.35. The first-order valence-corrected chi connectivity index (χ1v) is 5.69. The van der Waals surface area contributed by atoms with Gasteiger partial charge in [0.05, 0.1) is 0 Å². The molecule has 2 aliphatic carbocycles. The summed E-state index contributed by atoms with van der Waals surface area (Å²) >= 11 is 0. The number of aryl methyl sites for hydroxylation is 1. The molecule has 0 radical (unpaired) electrons. The van der Waals surface area contributed by atoms with Crippen molar-refractivity contribution in [3.05, 3.63) is 35.4 Å². The van der Waals surface area contributed by atoms with E-state index in [1.54, 1.807) is 11.1 Å². The van der Waals surface area contributed by atoms with Gasteiger partial charge in [0, 0.05) is 6.04 Å². The number of rotatable bonds is 0. The zero-order valence-corrected chi connectivity index (χ0v) is 8.45. The van der Waals surface area contributed by atoms with E-state index in [9.17, 15) is 0 Å². The highest BCUT2D eigenvalue weighted by atomic mass is 14.7. The van der Waals surface area contributed by atoms with Gasteiger partial charge < -0.3 is 5.73 Å². The number of hydrogen-bond acceptors (Lipinski definition) is 1. The number of fused-ring (bicyclic) bond motifs is 3. The van der Waals surface area contributed by atoms with Crippen molar-refractivity contribution in [1.29, 1.82) is 0 Å². The molecule has 1 heteroatoms. The Labute approximate surface area is 85.3 Å². The van der Waals surface area contributed by atoms with Crippen molar-refractivity contribution in [3.63, 3.8) is 0 Å². The van der Waals surface area contributed by atoms with Crippen LogP contribution in [0.25, 0.3) is 0 Å². The predicted octanol–water partition coefficient (Wildman–Crippen LogP) is 2.45. The maximum absolute atomic E-state index is 6.06. The monoisotopic (exact) mass is 187 g/mol. The van der Waals surface area contributed by atoms with E-state index in [1.807, 2.05) is 0 Å². The summed E-state index contributed by atoms with van der Waals surface area (Å²) in [4.78, 5) is 0. The van der Waals surface area contributed by atoms with Gasteiger partial charge in [-0.2, -0.15) is 0 Å². The molecule has 0 heterocycles. The van der Waals surface area contributed by atoms with Crippen LogP contribution in [0.4, 0.5) is 0 Å². The van der Waals surface area contributed by atoms with E-state index in [4.69, 9.17) is 5.73 Å². The lowest BCUT2D eigenvalue weighted by Gasteiger charge is -2.42. The van der Waals surface area contributed by atoms with Crippen molar-refractivity contribution in [2.24, 2.45) is 11.7 Å². The molecule has 1 fully saturated rings. The maximum atomic E-state index is 6.06. The van der Waals surface area contributed by atoms with Crippen molar-refractivity contribution in [2.75, 3.05) is 0 Å². The van der Waals surface area contributed by atoms with E-state index in [-0.39, 0.29) is 0 Å². The summed E-state index contributed by atoms with van der Waals surface area (Å²) in [5.74, 6) is 1.56. The molecular weight excluding hydrogens is 170 g/mol. The molecular formula is C13H17N. The topological polar surface area (TPSA) is 26.0 Å². The lowest BCUT2D eigenvalue weighted by atomic mass is 9.65. The van der Waals surface area contributed by atoms with Gasteiger partial charge in [0.25, 0.3) is 0 Å². The zero-order chi connectivity index (χ0) is 9.54. The highest BCUT2D eigenvalue weighted by Crippen LogP contribution is 2.47. The molecule has 74 valence electrons. The second-order valence-corrected chi connectivity index (χ2v) is 4.76. The molecule has 1 aromatic carbocycles. The third kappa shape index (κ3) is 1.12. The highest BCUT2D eigenvalue weighted by molar-refractivity contribution is 5.34. The Kier molecular flexibility index (Phi) is 1.88. The fraction of sp³-hybridized carbons (Fsp3) is 0.538. The molecule has 0 aliphatic heterocycles. The summed E-state index contributed by atoms with van der Waals surface area (Å²) in [6.45, 7) is 0. The molecule has 0 spiro atoms. The van der Waals surface area contributed by atoms with E-state index in [1.165, 1.54) is 25.7 Å². The van der Waals surface area contributed by atoms with E-state index in [0.717, 1.165) is 11.8 Å². The first-order chi connectivity index (χ1) is 6.86. The summed E-state index contributed by atoms with van der Waals surface area (Å²) in [5.41, 5.74) is 9.23. The zero-order valence-electron chi connectivity index (χ0n) is 8.45. The summed E-state index contributed by atoms with van der Waals surface area (Å²) < 4.78 is 0. The highest BCUT2D eigenvalue weighted by Gasteiger charge is 2.40. The Bertz CT molecular complexity index is 345. The molecule has 3 unspecified atom stereocenters. The fourth-order valence-electron chi connectivity index (χ4n) is 3.17. The van der Waals surface area contributed by atoms with Crippen LogP contribution in [-0.2, 0) is 6.42 Å². The van der Waals surface area contributed by atoms with E-state index in [2.05, 4.69) is 24.3 Å². The maximum Gasteiger partial charge on any atom is 0.00789 e. The van der Waals surface area contributed by atoms with E-state index in [0.29, 0.717) is 6.04 Å². The van der Waals surface area contributed by atoms with Crippen molar-refractivity contribution in [3.8, 4) is 0 Å². The van der Waals surface area contributed by atoms with Gasteiger partial charge in [0.1, 0.15) is 0 Å². The average molecular weight is 187 g/mol. The molecule has 1 nitrogen and oxygen atoms in total. The molecule has 2 aliphatic rings. The van der Waals surface area contributed by atoms with Crippen LogP contribution in [0.15, 0.2) is 24.3 Å². The standard InChI is InChI=1S/C13H17N/c14-13-8-12-10-6-2-1-4-9(10)5-3-7-11(12)13/h1-2,4,6,11-13H,3,5,7-8,14H2. The summed E-state index contributed by atoms with van der Waals surface area (Å²) in [5, 5.41) is 0. The molecule has 3 atom stereocenters. The van der Waals surface area contributed by atoms with E-state index < -0.39 is 0 Å². The molecule has 1 saturated carbocycles. The summed E-state index contributed by atoms with van der Waals surface area (Å²) in [6.07, 6.45) is 5.13. The van der Waals surface area contributed by atoms with Crippen molar-refractivity contribution in [1.82, 2.24) is 0 Å². The van der Waals surface area contributed by atoms with Gasteiger partial charge in [-0.3, -0.25) is 0 Å². The summed E-state index contributed by atoms with van der Waals surface area (Å²) in [7, 11) is 0. The van der Waals surface area contributed by atoms with Crippen LogP contribution < -0.4 is 5.73 Å². The Balaban J connectivity index is 2.00. The van der Waals surface area contributed by atoms with Gasteiger partial charge in [0.2, 0.25) is 0 Å². The van der Waals surface area contributed by atoms with Gasteiger partial charge in [-0.1, -0.05) is 24.3 Å².